The lowest BCUT2D eigenvalue weighted by Crippen LogP contribution is -2.14. The van der Waals surface area contributed by atoms with Gasteiger partial charge in [-0.2, -0.15) is 0 Å². The van der Waals surface area contributed by atoms with E-state index in [1.807, 2.05) is 5.01 Å². The molecule has 3 aromatic carbocycles. The summed E-state index contributed by atoms with van der Waals surface area (Å²) in [6.07, 6.45) is 2.14. The molecule has 0 radical (unpaired) electrons. The van der Waals surface area contributed by atoms with Gasteiger partial charge in [0.05, 0.1) is 11.4 Å². The monoisotopic (exact) mass is 481 g/mol. The normalized spacial score (nSPS) is 12.5. The van der Waals surface area contributed by atoms with Crippen LogP contribution in [0.25, 0.3) is 5.57 Å². The zero-order chi connectivity index (χ0) is 26.4. The summed E-state index contributed by atoms with van der Waals surface area (Å²) < 4.78 is 0. The Hall–Kier alpha value is -3.20. The number of hydrogen-bond donors (Lipinski definition) is 0. The third-order valence-corrected chi connectivity index (χ3v) is 6.70. The summed E-state index contributed by atoms with van der Waals surface area (Å²) in [5.74, 6) is 1.44. The van der Waals surface area contributed by atoms with E-state index in [2.05, 4.69) is 135 Å². The maximum atomic E-state index is 4.98. The number of nitrogens with zero attached hydrogens (tertiary/aromatic N) is 3. The van der Waals surface area contributed by atoms with E-state index in [0.29, 0.717) is 23.7 Å². The van der Waals surface area contributed by atoms with Gasteiger partial charge in [-0.1, -0.05) is 127 Å². The molecule has 0 atom stereocenters. The maximum Gasteiger partial charge on any atom is 0.0943 e. The Labute approximate surface area is 219 Å². The number of benzene rings is 3. The fourth-order valence-corrected chi connectivity index (χ4v) is 4.59. The molecule has 0 amide bonds. The van der Waals surface area contributed by atoms with Crippen molar-refractivity contribution in [3.63, 3.8) is 0 Å². The van der Waals surface area contributed by atoms with Crippen LogP contribution in [0.1, 0.15) is 114 Å². The molecular formula is C33H43N3. The lowest BCUT2D eigenvalue weighted by molar-refractivity contribution is 0.803. The van der Waals surface area contributed by atoms with Crippen molar-refractivity contribution in [2.24, 2.45) is 10.3 Å². The smallest absolute Gasteiger partial charge is 0.0943 e. The van der Waals surface area contributed by atoms with Crippen LogP contribution in [-0.4, -0.2) is 0 Å². The number of anilines is 1. The molecule has 3 heteroatoms. The van der Waals surface area contributed by atoms with Gasteiger partial charge in [0.25, 0.3) is 0 Å². The fraction of sp³-hybridized carbons (Fsp3) is 0.394. The summed E-state index contributed by atoms with van der Waals surface area (Å²) in [5.41, 5.74) is 9.46. The second kappa shape index (κ2) is 12.2. The highest BCUT2D eigenvalue weighted by Crippen LogP contribution is 2.39. The summed E-state index contributed by atoms with van der Waals surface area (Å²) in [5, 5.41) is 12.0. The largest absolute Gasteiger partial charge is 0.222 e. The molecule has 3 nitrogen and oxygen atoms in total. The quantitative estimate of drug-likeness (QED) is 0.220. The number of hydrogen-bond acceptors (Lipinski definition) is 2. The Morgan fingerprint density at radius 1 is 0.611 bits per heavy atom. The van der Waals surface area contributed by atoms with Gasteiger partial charge in [0, 0.05) is 6.20 Å². The molecular weight excluding hydrogens is 438 g/mol. The van der Waals surface area contributed by atoms with E-state index in [1.165, 1.54) is 27.8 Å². The Balaban J connectivity index is 2.27. The summed E-state index contributed by atoms with van der Waals surface area (Å²) >= 11 is 0. The zero-order valence-electron chi connectivity index (χ0n) is 23.6. The second-order valence-corrected chi connectivity index (χ2v) is 10.9. The summed E-state index contributed by atoms with van der Waals surface area (Å²) in [7, 11) is 0. The van der Waals surface area contributed by atoms with E-state index in [4.69, 9.17) is 10.3 Å². The van der Waals surface area contributed by atoms with Crippen molar-refractivity contribution in [3.8, 4) is 0 Å². The molecule has 0 unspecified atom stereocenters. The fourth-order valence-electron chi connectivity index (χ4n) is 4.59. The van der Waals surface area contributed by atoms with Gasteiger partial charge in [-0.15, -0.1) is 5.11 Å². The standard InChI is InChI=1S/C33H43N3/c1-22(2)28-17-13-18-29(23(3)4)32(28)34-35-36(21-26(9)27-15-11-10-12-16-27)33-30(24(5)6)19-14-20-31(33)25(7)8/h10-25H,1-9H3/b26-21+,35-34+. The first-order valence-corrected chi connectivity index (χ1v) is 13.3. The molecule has 0 saturated heterocycles. The Morgan fingerprint density at radius 3 is 1.50 bits per heavy atom. The molecule has 0 fully saturated rings. The highest BCUT2D eigenvalue weighted by Gasteiger charge is 2.20. The number of allylic oxidation sites excluding steroid dienone is 1. The molecule has 0 aliphatic heterocycles. The van der Waals surface area contributed by atoms with Gasteiger partial charge in [0.1, 0.15) is 0 Å². The van der Waals surface area contributed by atoms with Crippen LogP contribution in [0.4, 0.5) is 11.4 Å². The van der Waals surface area contributed by atoms with Crippen LogP contribution in [0, 0.1) is 0 Å². The molecule has 3 rings (SSSR count). The molecule has 0 saturated carbocycles. The predicted molar refractivity (Wildman–Crippen MR) is 156 cm³/mol. The molecule has 0 bridgehead atoms. The first-order valence-electron chi connectivity index (χ1n) is 13.3. The van der Waals surface area contributed by atoms with Crippen LogP contribution in [0.3, 0.4) is 0 Å². The van der Waals surface area contributed by atoms with Crippen molar-refractivity contribution in [1.29, 1.82) is 0 Å². The van der Waals surface area contributed by atoms with Crippen molar-refractivity contribution < 1.29 is 0 Å². The van der Waals surface area contributed by atoms with Crippen molar-refractivity contribution in [1.82, 2.24) is 0 Å². The molecule has 0 aliphatic carbocycles. The van der Waals surface area contributed by atoms with Gasteiger partial charge in [-0.05, 0) is 64.0 Å². The highest BCUT2D eigenvalue weighted by molar-refractivity contribution is 5.70. The summed E-state index contributed by atoms with van der Waals surface area (Å²) in [6, 6.07) is 23.6. The minimum Gasteiger partial charge on any atom is -0.222 e. The van der Waals surface area contributed by atoms with Crippen LogP contribution < -0.4 is 5.01 Å². The molecule has 0 N–H and O–H groups in total. The molecule has 0 aliphatic rings. The van der Waals surface area contributed by atoms with Crippen molar-refractivity contribution in [3.05, 3.63) is 101 Å². The zero-order valence-corrected chi connectivity index (χ0v) is 23.6. The molecule has 190 valence electrons. The Kier molecular flexibility index (Phi) is 9.25. The minimum atomic E-state index is 0.357. The van der Waals surface area contributed by atoms with E-state index in [9.17, 15) is 0 Å². The topological polar surface area (TPSA) is 28.0 Å². The second-order valence-electron chi connectivity index (χ2n) is 10.9. The molecule has 36 heavy (non-hydrogen) atoms. The molecule has 0 aromatic heterocycles. The highest BCUT2D eigenvalue weighted by atomic mass is 15.5. The third kappa shape index (κ3) is 6.32. The summed E-state index contributed by atoms with van der Waals surface area (Å²) in [4.78, 5) is 0. The number of para-hydroxylation sites is 1. The first-order chi connectivity index (χ1) is 17.1. The van der Waals surface area contributed by atoms with Crippen molar-refractivity contribution >= 4 is 16.9 Å². The van der Waals surface area contributed by atoms with Crippen LogP contribution in [-0.2, 0) is 0 Å². The lowest BCUT2D eigenvalue weighted by Gasteiger charge is -2.25. The van der Waals surface area contributed by atoms with E-state index in [0.717, 1.165) is 16.9 Å². The van der Waals surface area contributed by atoms with Gasteiger partial charge in [0.2, 0.25) is 0 Å². The summed E-state index contributed by atoms with van der Waals surface area (Å²) in [6.45, 7) is 20.0. The number of rotatable bonds is 9. The molecule has 3 aromatic rings. The van der Waals surface area contributed by atoms with E-state index in [-0.39, 0.29) is 0 Å². The first kappa shape index (κ1) is 27.4. The lowest BCUT2D eigenvalue weighted by atomic mass is 9.92. The van der Waals surface area contributed by atoms with Gasteiger partial charge in [-0.25, -0.2) is 5.01 Å². The van der Waals surface area contributed by atoms with Crippen LogP contribution >= 0.6 is 0 Å². The van der Waals surface area contributed by atoms with Crippen molar-refractivity contribution in [2.45, 2.75) is 86.0 Å². The SMILES string of the molecule is C/C(=C\N(/N=N/c1c(C(C)C)cccc1C(C)C)c1c(C(C)C)cccc1C(C)C)c1ccccc1. The maximum absolute atomic E-state index is 4.98. The van der Waals surface area contributed by atoms with E-state index in [1.54, 1.807) is 0 Å². The van der Waals surface area contributed by atoms with Crippen LogP contribution in [0.15, 0.2) is 83.3 Å². The Bertz CT molecular complexity index is 1150. The van der Waals surface area contributed by atoms with E-state index >= 15 is 0 Å². The van der Waals surface area contributed by atoms with Gasteiger partial charge < -0.3 is 0 Å². The molecule has 0 heterocycles. The van der Waals surface area contributed by atoms with Crippen LogP contribution in [0.5, 0.6) is 0 Å². The average molecular weight is 482 g/mol. The van der Waals surface area contributed by atoms with Crippen molar-refractivity contribution in [2.75, 3.05) is 5.01 Å². The average Bonchev–Trinajstić information content (AvgIpc) is 2.85. The van der Waals surface area contributed by atoms with E-state index < -0.39 is 0 Å². The van der Waals surface area contributed by atoms with Gasteiger partial charge >= 0.3 is 0 Å². The van der Waals surface area contributed by atoms with Crippen LogP contribution in [0.2, 0.25) is 0 Å². The van der Waals surface area contributed by atoms with Gasteiger partial charge in [0.15, 0.2) is 0 Å². The third-order valence-electron chi connectivity index (χ3n) is 6.70. The molecule has 0 spiro atoms. The minimum absolute atomic E-state index is 0.357. The van der Waals surface area contributed by atoms with Gasteiger partial charge in [-0.3, -0.25) is 0 Å². The Morgan fingerprint density at radius 2 is 1.06 bits per heavy atom. The predicted octanol–water partition coefficient (Wildman–Crippen LogP) is 10.7.